The fourth-order valence-electron chi connectivity index (χ4n) is 4.06. The molecule has 152 valence electrons. The number of carbonyl (C=O) groups excluding carboxylic acids is 1. The van der Waals surface area contributed by atoms with E-state index in [-0.39, 0.29) is 17.3 Å². The Morgan fingerprint density at radius 1 is 1.28 bits per heavy atom. The number of ketones is 1. The highest BCUT2D eigenvalue weighted by atomic mass is 16.5. The number of Topliss-reactive ketones (excluding diaryl/α,β-unsaturated/α-hetero) is 1. The number of rotatable bonds is 4. The van der Waals surface area contributed by atoms with E-state index >= 15 is 0 Å². The minimum absolute atomic E-state index is 0.145. The van der Waals surface area contributed by atoms with Crippen molar-refractivity contribution in [3.8, 4) is 17.2 Å². The van der Waals surface area contributed by atoms with Crippen LogP contribution in [0.1, 0.15) is 46.8 Å². The zero-order valence-electron chi connectivity index (χ0n) is 17.2. The highest BCUT2D eigenvalue weighted by molar-refractivity contribution is 6.15. The van der Waals surface area contributed by atoms with Crippen molar-refractivity contribution in [2.45, 2.75) is 33.2 Å². The summed E-state index contributed by atoms with van der Waals surface area (Å²) >= 11 is 0. The smallest absolute Gasteiger partial charge is 0.232 e. The summed E-state index contributed by atoms with van der Waals surface area (Å²) in [6.07, 6.45) is 4.03. The van der Waals surface area contributed by atoms with Crippen molar-refractivity contribution in [2.75, 3.05) is 20.2 Å². The van der Waals surface area contributed by atoms with Crippen LogP contribution < -0.4 is 9.47 Å². The fourth-order valence-corrected chi connectivity index (χ4v) is 4.06. The van der Waals surface area contributed by atoms with Crippen molar-refractivity contribution in [1.29, 1.82) is 0 Å². The van der Waals surface area contributed by atoms with E-state index in [0.29, 0.717) is 23.4 Å². The Morgan fingerprint density at radius 3 is 2.76 bits per heavy atom. The summed E-state index contributed by atoms with van der Waals surface area (Å²) in [5.41, 5.74) is 2.81. The molecular formula is C24H27NO4. The second-order valence-electron chi connectivity index (χ2n) is 8.07. The summed E-state index contributed by atoms with van der Waals surface area (Å²) in [4.78, 5) is 15.4. The third-order valence-corrected chi connectivity index (χ3v) is 5.87. The molecule has 2 heterocycles. The summed E-state index contributed by atoms with van der Waals surface area (Å²) in [7, 11) is 1.61. The Balaban J connectivity index is 1.67. The van der Waals surface area contributed by atoms with Gasteiger partial charge in [-0.15, -0.1) is 0 Å². The van der Waals surface area contributed by atoms with Gasteiger partial charge in [-0.05, 0) is 74.2 Å². The number of likely N-dealkylation sites (tertiary alicyclic amines) is 1. The third-order valence-electron chi connectivity index (χ3n) is 5.87. The Morgan fingerprint density at radius 2 is 2.03 bits per heavy atom. The molecule has 29 heavy (non-hydrogen) atoms. The molecule has 0 bridgehead atoms. The van der Waals surface area contributed by atoms with Gasteiger partial charge in [0.25, 0.3) is 0 Å². The summed E-state index contributed by atoms with van der Waals surface area (Å²) in [5.74, 6) is 2.27. The topological polar surface area (TPSA) is 59.0 Å². The summed E-state index contributed by atoms with van der Waals surface area (Å²) < 4.78 is 11.3. The van der Waals surface area contributed by atoms with Gasteiger partial charge in [0.15, 0.2) is 5.76 Å². The fraction of sp³-hybridized carbons (Fsp3) is 0.375. The SMILES string of the molecule is COc1cccc(/C=C2\Oc3c(CN4CCC(C)CC4)c(O)cc(C)c3C2=O)c1. The molecule has 1 saturated heterocycles. The molecule has 0 aliphatic carbocycles. The molecule has 0 aromatic heterocycles. The lowest BCUT2D eigenvalue weighted by molar-refractivity contribution is 0.101. The van der Waals surface area contributed by atoms with Crippen LogP contribution in [0.15, 0.2) is 36.1 Å². The molecule has 0 spiro atoms. The lowest BCUT2D eigenvalue weighted by Crippen LogP contribution is -2.32. The van der Waals surface area contributed by atoms with Crippen molar-refractivity contribution in [2.24, 2.45) is 5.92 Å². The van der Waals surface area contributed by atoms with Gasteiger partial charge in [-0.2, -0.15) is 0 Å². The molecule has 2 aliphatic heterocycles. The van der Waals surface area contributed by atoms with Gasteiger partial charge in [0.1, 0.15) is 17.2 Å². The average Bonchev–Trinajstić information content (AvgIpc) is 3.03. The van der Waals surface area contributed by atoms with Gasteiger partial charge >= 0.3 is 0 Å². The molecule has 0 radical (unpaired) electrons. The Hall–Kier alpha value is -2.79. The molecule has 0 unspecified atom stereocenters. The first-order valence-electron chi connectivity index (χ1n) is 10.1. The lowest BCUT2D eigenvalue weighted by Gasteiger charge is -2.30. The quantitative estimate of drug-likeness (QED) is 0.772. The minimum atomic E-state index is -0.145. The molecule has 0 amide bonds. The molecule has 1 fully saturated rings. The number of aromatic hydroxyl groups is 1. The summed E-state index contributed by atoms with van der Waals surface area (Å²) in [6.45, 7) is 6.67. The predicted octanol–water partition coefficient (Wildman–Crippen LogP) is 4.56. The molecule has 5 heteroatoms. The van der Waals surface area contributed by atoms with Crippen molar-refractivity contribution < 1.29 is 19.4 Å². The zero-order valence-corrected chi connectivity index (χ0v) is 17.2. The average molecular weight is 393 g/mol. The normalized spacial score (nSPS) is 18.7. The van der Waals surface area contributed by atoms with Crippen molar-refractivity contribution in [3.05, 3.63) is 58.3 Å². The van der Waals surface area contributed by atoms with Crippen LogP contribution in [0.5, 0.6) is 17.2 Å². The van der Waals surface area contributed by atoms with Crippen molar-refractivity contribution >= 4 is 11.9 Å². The first-order valence-corrected chi connectivity index (χ1v) is 10.1. The largest absolute Gasteiger partial charge is 0.507 e. The number of methoxy groups -OCH3 is 1. The predicted molar refractivity (Wildman–Crippen MR) is 112 cm³/mol. The molecule has 1 N–H and O–H groups in total. The van der Waals surface area contributed by atoms with Gasteiger partial charge in [-0.1, -0.05) is 19.1 Å². The number of ether oxygens (including phenoxy) is 2. The molecule has 0 saturated carbocycles. The van der Waals surface area contributed by atoms with E-state index in [4.69, 9.17) is 9.47 Å². The number of hydrogen-bond donors (Lipinski definition) is 1. The minimum Gasteiger partial charge on any atom is -0.507 e. The van der Waals surface area contributed by atoms with Gasteiger partial charge in [0.2, 0.25) is 5.78 Å². The van der Waals surface area contributed by atoms with Crippen LogP contribution in [0.25, 0.3) is 6.08 Å². The van der Waals surface area contributed by atoms with Crippen molar-refractivity contribution in [3.63, 3.8) is 0 Å². The molecule has 2 aromatic carbocycles. The van der Waals surface area contributed by atoms with Gasteiger partial charge in [0, 0.05) is 6.54 Å². The molecule has 0 atom stereocenters. The van der Waals surface area contributed by atoms with E-state index in [0.717, 1.165) is 48.7 Å². The van der Waals surface area contributed by atoms with E-state index in [9.17, 15) is 9.90 Å². The Kier molecular flexibility index (Phi) is 5.33. The van der Waals surface area contributed by atoms with Crippen LogP contribution >= 0.6 is 0 Å². The molecular weight excluding hydrogens is 366 g/mol. The van der Waals surface area contributed by atoms with Crippen LogP contribution in [0, 0.1) is 12.8 Å². The maximum atomic E-state index is 13.1. The highest BCUT2D eigenvalue weighted by Gasteiger charge is 2.34. The monoisotopic (exact) mass is 393 g/mol. The molecule has 2 aliphatic rings. The first kappa shape index (κ1) is 19.5. The van der Waals surface area contributed by atoms with E-state index in [1.165, 1.54) is 0 Å². The number of carbonyl (C=O) groups is 1. The maximum Gasteiger partial charge on any atom is 0.232 e. The third kappa shape index (κ3) is 3.87. The molecule has 4 rings (SSSR count). The van der Waals surface area contributed by atoms with Gasteiger partial charge in [-0.3, -0.25) is 9.69 Å². The van der Waals surface area contributed by atoms with Gasteiger partial charge in [0.05, 0.1) is 18.2 Å². The van der Waals surface area contributed by atoms with E-state index in [2.05, 4.69) is 11.8 Å². The van der Waals surface area contributed by atoms with Crippen LogP contribution in [-0.4, -0.2) is 36.0 Å². The van der Waals surface area contributed by atoms with Crippen molar-refractivity contribution in [1.82, 2.24) is 4.90 Å². The summed E-state index contributed by atoms with van der Waals surface area (Å²) in [6, 6.07) is 9.16. The standard InChI is InChI=1S/C24H27NO4/c1-15-7-9-25(10-8-15)14-19-20(26)11-16(2)22-23(27)21(29-24(19)22)13-17-5-4-6-18(12-17)28-3/h4-6,11-13,15,26H,7-10,14H2,1-3H3/b21-13-. The van der Waals surface area contributed by atoms with Gasteiger partial charge < -0.3 is 14.6 Å². The second kappa shape index (κ2) is 7.91. The highest BCUT2D eigenvalue weighted by Crippen LogP contribution is 2.42. The van der Waals surface area contributed by atoms with Crippen LogP contribution in [-0.2, 0) is 6.54 Å². The zero-order chi connectivity index (χ0) is 20.5. The number of benzene rings is 2. The maximum absolute atomic E-state index is 13.1. The Labute approximate surface area is 171 Å². The number of phenolic OH excluding ortho intramolecular Hbond substituents is 1. The summed E-state index contributed by atoms with van der Waals surface area (Å²) in [5, 5.41) is 10.6. The Bertz CT molecular complexity index is 971. The molecule has 2 aromatic rings. The first-order chi connectivity index (χ1) is 14.0. The number of phenols is 1. The van der Waals surface area contributed by atoms with E-state index < -0.39 is 0 Å². The van der Waals surface area contributed by atoms with E-state index in [1.54, 1.807) is 19.3 Å². The number of hydrogen-bond acceptors (Lipinski definition) is 5. The van der Waals surface area contributed by atoms with Crippen LogP contribution in [0.2, 0.25) is 0 Å². The van der Waals surface area contributed by atoms with Crippen LogP contribution in [0.4, 0.5) is 0 Å². The number of piperidine rings is 1. The number of allylic oxidation sites excluding steroid dienone is 1. The molecule has 5 nitrogen and oxygen atoms in total. The number of nitrogens with zero attached hydrogens (tertiary/aromatic N) is 1. The van der Waals surface area contributed by atoms with Crippen LogP contribution in [0.3, 0.4) is 0 Å². The number of aryl methyl sites for hydroxylation is 1. The lowest BCUT2D eigenvalue weighted by atomic mass is 9.96. The number of fused-ring (bicyclic) bond motifs is 1. The van der Waals surface area contributed by atoms with Gasteiger partial charge in [-0.25, -0.2) is 0 Å². The second-order valence-corrected chi connectivity index (χ2v) is 8.07. The van der Waals surface area contributed by atoms with E-state index in [1.807, 2.05) is 31.2 Å².